The van der Waals surface area contributed by atoms with Gasteiger partial charge in [-0.1, -0.05) is 54.6 Å². The highest BCUT2D eigenvalue weighted by molar-refractivity contribution is 5.94. The minimum absolute atomic E-state index is 0.248. The molecule has 0 aliphatic heterocycles. The Hall–Kier alpha value is -2.36. The van der Waals surface area contributed by atoms with Gasteiger partial charge in [0.25, 0.3) is 0 Å². The lowest BCUT2D eigenvalue weighted by Crippen LogP contribution is -2.25. The molecule has 4 nitrogen and oxygen atoms in total. The monoisotopic (exact) mass is 274 g/mol. The van der Waals surface area contributed by atoms with Crippen molar-refractivity contribution in [2.24, 2.45) is 5.92 Å². The van der Waals surface area contributed by atoms with Crippen LogP contribution in [0.4, 0.5) is 0 Å². The fourth-order valence-corrected chi connectivity index (χ4v) is 1.60. The van der Waals surface area contributed by atoms with Crippen molar-refractivity contribution in [3.8, 4) is 0 Å². The first-order valence-electron chi connectivity index (χ1n) is 6.23. The molecule has 1 aromatic rings. The molecule has 20 heavy (non-hydrogen) atoms. The molecule has 4 heteroatoms. The average molecular weight is 274 g/mol. The molecule has 1 aromatic carbocycles. The first-order chi connectivity index (χ1) is 9.69. The van der Waals surface area contributed by atoms with Crippen molar-refractivity contribution in [2.45, 2.75) is 6.42 Å². The van der Waals surface area contributed by atoms with E-state index in [-0.39, 0.29) is 6.42 Å². The molecule has 0 aromatic heterocycles. The fourth-order valence-electron chi connectivity index (χ4n) is 1.60. The standard InChI is InChI=1S/C16H18O4/c1-19-15(17)14(16(18)20-2)12-8-4-7-11-13-9-5-3-6-10-13/h3-11,14H,12H2,1-2H3. The number of rotatable bonds is 6. The zero-order valence-electron chi connectivity index (χ0n) is 11.6. The summed E-state index contributed by atoms with van der Waals surface area (Å²) in [6.45, 7) is 0. The first-order valence-corrected chi connectivity index (χ1v) is 6.23. The van der Waals surface area contributed by atoms with Crippen LogP contribution in [0.2, 0.25) is 0 Å². The summed E-state index contributed by atoms with van der Waals surface area (Å²) in [4.78, 5) is 22.8. The van der Waals surface area contributed by atoms with Gasteiger partial charge in [-0.2, -0.15) is 0 Å². The third-order valence-electron chi connectivity index (χ3n) is 2.68. The van der Waals surface area contributed by atoms with Crippen LogP contribution in [0.5, 0.6) is 0 Å². The molecule has 1 rings (SSSR count). The predicted molar refractivity (Wildman–Crippen MR) is 76.8 cm³/mol. The van der Waals surface area contributed by atoms with Crippen molar-refractivity contribution in [3.05, 3.63) is 54.1 Å². The van der Waals surface area contributed by atoms with Gasteiger partial charge in [-0.3, -0.25) is 9.59 Å². The lowest BCUT2D eigenvalue weighted by atomic mass is 10.1. The van der Waals surface area contributed by atoms with E-state index in [0.29, 0.717) is 0 Å². The molecule has 0 radical (unpaired) electrons. The highest BCUT2D eigenvalue weighted by Crippen LogP contribution is 2.09. The first kappa shape index (κ1) is 15.7. The average Bonchev–Trinajstić information content (AvgIpc) is 2.50. The van der Waals surface area contributed by atoms with Gasteiger partial charge < -0.3 is 9.47 Å². The van der Waals surface area contributed by atoms with Crippen molar-refractivity contribution in [3.63, 3.8) is 0 Å². The third-order valence-corrected chi connectivity index (χ3v) is 2.68. The summed E-state index contributed by atoms with van der Waals surface area (Å²) in [5.41, 5.74) is 1.08. The zero-order valence-corrected chi connectivity index (χ0v) is 11.6. The highest BCUT2D eigenvalue weighted by atomic mass is 16.5. The van der Waals surface area contributed by atoms with Gasteiger partial charge in [0.2, 0.25) is 0 Å². The van der Waals surface area contributed by atoms with E-state index in [4.69, 9.17) is 0 Å². The van der Waals surface area contributed by atoms with Gasteiger partial charge in [-0.15, -0.1) is 0 Å². The summed E-state index contributed by atoms with van der Waals surface area (Å²) in [7, 11) is 2.49. The van der Waals surface area contributed by atoms with E-state index in [1.807, 2.05) is 42.5 Å². The van der Waals surface area contributed by atoms with E-state index < -0.39 is 17.9 Å². The van der Waals surface area contributed by atoms with Gasteiger partial charge >= 0.3 is 11.9 Å². The summed E-state index contributed by atoms with van der Waals surface area (Å²) >= 11 is 0. The third kappa shape index (κ3) is 5.10. The van der Waals surface area contributed by atoms with Gasteiger partial charge in [-0.05, 0) is 12.0 Å². The van der Waals surface area contributed by atoms with E-state index in [2.05, 4.69) is 9.47 Å². The van der Waals surface area contributed by atoms with Crippen LogP contribution in [0.25, 0.3) is 6.08 Å². The molecule has 0 bridgehead atoms. The molecule has 0 aliphatic carbocycles. The normalized spacial score (nSPS) is 11.2. The molecule has 0 spiro atoms. The molecule has 0 heterocycles. The van der Waals surface area contributed by atoms with Crippen LogP contribution in [0, 0.1) is 5.92 Å². The SMILES string of the molecule is COC(=O)C(CC=CC=Cc1ccccc1)C(=O)OC. The fraction of sp³-hybridized carbons (Fsp3) is 0.250. The molecule has 0 saturated carbocycles. The number of hydrogen-bond acceptors (Lipinski definition) is 4. The Morgan fingerprint density at radius 2 is 1.65 bits per heavy atom. The quantitative estimate of drug-likeness (QED) is 0.454. The second-order valence-electron chi connectivity index (χ2n) is 4.03. The summed E-state index contributed by atoms with van der Waals surface area (Å²) in [6.07, 6.45) is 7.55. The molecule has 0 unspecified atom stereocenters. The van der Waals surface area contributed by atoms with Crippen molar-refractivity contribution < 1.29 is 19.1 Å². The van der Waals surface area contributed by atoms with Gasteiger partial charge in [0.05, 0.1) is 14.2 Å². The van der Waals surface area contributed by atoms with E-state index in [9.17, 15) is 9.59 Å². The topological polar surface area (TPSA) is 52.6 Å². The number of esters is 2. The second kappa shape index (κ2) is 8.69. The van der Waals surface area contributed by atoms with E-state index >= 15 is 0 Å². The number of carbonyl (C=O) groups is 2. The lowest BCUT2D eigenvalue weighted by molar-refractivity contribution is -0.158. The second-order valence-corrected chi connectivity index (χ2v) is 4.03. The number of allylic oxidation sites excluding steroid dienone is 3. The number of hydrogen-bond donors (Lipinski definition) is 0. The lowest BCUT2D eigenvalue weighted by Gasteiger charge is -2.09. The van der Waals surface area contributed by atoms with Crippen LogP contribution in [0.3, 0.4) is 0 Å². The van der Waals surface area contributed by atoms with Gasteiger partial charge in [-0.25, -0.2) is 0 Å². The Morgan fingerprint density at radius 3 is 2.20 bits per heavy atom. The Labute approximate surface area is 118 Å². The Balaban J connectivity index is 2.55. The van der Waals surface area contributed by atoms with Crippen LogP contribution in [0.15, 0.2) is 48.6 Å². The highest BCUT2D eigenvalue weighted by Gasteiger charge is 2.26. The van der Waals surface area contributed by atoms with E-state index in [1.54, 1.807) is 12.2 Å². The Bertz CT molecular complexity index is 472. The maximum atomic E-state index is 11.4. The molecule has 0 N–H and O–H groups in total. The maximum absolute atomic E-state index is 11.4. The number of methoxy groups -OCH3 is 2. The van der Waals surface area contributed by atoms with Crippen molar-refractivity contribution in [1.29, 1.82) is 0 Å². The summed E-state index contributed by atoms with van der Waals surface area (Å²) < 4.78 is 9.14. The van der Waals surface area contributed by atoms with Crippen molar-refractivity contribution in [1.82, 2.24) is 0 Å². The molecular formula is C16H18O4. The summed E-state index contributed by atoms with van der Waals surface area (Å²) in [5.74, 6) is -2.09. The molecule has 0 fully saturated rings. The van der Waals surface area contributed by atoms with E-state index in [0.717, 1.165) is 5.56 Å². The summed E-state index contributed by atoms with van der Waals surface area (Å²) in [6, 6.07) is 9.82. The van der Waals surface area contributed by atoms with Crippen molar-refractivity contribution >= 4 is 18.0 Å². The minimum Gasteiger partial charge on any atom is -0.468 e. The van der Waals surface area contributed by atoms with Gasteiger partial charge in [0.1, 0.15) is 0 Å². The zero-order chi connectivity index (χ0) is 14.8. The Morgan fingerprint density at radius 1 is 1.05 bits per heavy atom. The van der Waals surface area contributed by atoms with E-state index in [1.165, 1.54) is 14.2 Å². The number of benzene rings is 1. The van der Waals surface area contributed by atoms with Gasteiger partial charge in [0.15, 0.2) is 5.92 Å². The number of carbonyl (C=O) groups excluding carboxylic acids is 2. The minimum atomic E-state index is -0.911. The summed E-state index contributed by atoms with van der Waals surface area (Å²) in [5, 5.41) is 0. The van der Waals surface area contributed by atoms with Crippen LogP contribution < -0.4 is 0 Å². The Kier molecular flexibility index (Phi) is 6.82. The number of ether oxygens (including phenoxy) is 2. The largest absolute Gasteiger partial charge is 0.468 e. The molecular weight excluding hydrogens is 256 g/mol. The maximum Gasteiger partial charge on any atom is 0.320 e. The van der Waals surface area contributed by atoms with Gasteiger partial charge in [0, 0.05) is 0 Å². The molecule has 0 atom stereocenters. The molecule has 0 saturated heterocycles. The molecule has 0 amide bonds. The van der Waals surface area contributed by atoms with Crippen LogP contribution in [-0.4, -0.2) is 26.2 Å². The predicted octanol–water partition coefficient (Wildman–Crippen LogP) is 2.61. The van der Waals surface area contributed by atoms with Crippen LogP contribution in [-0.2, 0) is 19.1 Å². The van der Waals surface area contributed by atoms with Crippen LogP contribution in [0.1, 0.15) is 12.0 Å². The molecule has 106 valence electrons. The van der Waals surface area contributed by atoms with Crippen molar-refractivity contribution in [2.75, 3.05) is 14.2 Å². The smallest absolute Gasteiger partial charge is 0.320 e. The van der Waals surface area contributed by atoms with Crippen LogP contribution >= 0.6 is 0 Å². The molecule has 0 aliphatic rings.